The lowest BCUT2D eigenvalue weighted by Gasteiger charge is -2.08. The number of hydrogen-bond donors (Lipinski definition) is 2. The molecule has 1 aromatic carbocycles. The van der Waals surface area contributed by atoms with Gasteiger partial charge in [0, 0.05) is 12.1 Å². The van der Waals surface area contributed by atoms with Crippen LogP contribution in [0.3, 0.4) is 0 Å². The highest BCUT2D eigenvalue weighted by atomic mass is 32.2. The Kier molecular flexibility index (Phi) is 7.50. The Morgan fingerprint density at radius 1 is 1.35 bits per heavy atom. The second kappa shape index (κ2) is 8.61. The molecule has 1 rings (SSSR count). The van der Waals surface area contributed by atoms with Gasteiger partial charge in [-0.05, 0) is 37.0 Å². The van der Waals surface area contributed by atoms with Gasteiger partial charge >= 0.3 is 0 Å². The van der Waals surface area contributed by atoms with Crippen molar-refractivity contribution in [3.05, 3.63) is 29.8 Å². The van der Waals surface area contributed by atoms with Gasteiger partial charge in [0.25, 0.3) is 0 Å². The molecule has 0 saturated carbocycles. The Morgan fingerprint density at radius 3 is 2.75 bits per heavy atom. The average molecular weight is 333 g/mol. The van der Waals surface area contributed by atoms with E-state index in [0.29, 0.717) is 12.1 Å². The first-order valence-electron chi connectivity index (χ1n) is 6.36. The number of thiocarbonyl (C=S) groups is 1. The largest absolute Gasteiger partial charge is 0.389 e. The van der Waals surface area contributed by atoms with Crippen LogP contribution in [0.1, 0.15) is 24.8 Å². The van der Waals surface area contributed by atoms with E-state index in [1.54, 1.807) is 23.9 Å². The predicted octanol–water partition coefficient (Wildman–Crippen LogP) is 2.13. The fourth-order valence-corrected chi connectivity index (χ4v) is 3.39. The topological polar surface area (TPSA) is 72.2 Å². The smallest absolute Gasteiger partial charge is 0.240 e. The number of nitrogens with two attached hydrogens (primary N) is 1. The Bertz CT molecular complexity index is 544. The molecule has 0 aliphatic carbocycles. The Labute approximate surface area is 130 Å². The molecule has 0 aliphatic heterocycles. The molecule has 3 N–H and O–H groups in total. The first-order valence-corrected chi connectivity index (χ1v) is 9.64. The molecule has 0 atom stereocenters. The van der Waals surface area contributed by atoms with Crippen LogP contribution in [0.15, 0.2) is 29.2 Å². The average Bonchev–Trinajstić information content (AvgIpc) is 2.43. The van der Waals surface area contributed by atoms with Gasteiger partial charge < -0.3 is 5.73 Å². The van der Waals surface area contributed by atoms with Crippen molar-refractivity contribution in [1.82, 2.24) is 4.72 Å². The van der Waals surface area contributed by atoms with Crippen molar-refractivity contribution >= 4 is 39.0 Å². The van der Waals surface area contributed by atoms with Crippen LogP contribution in [-0.2, 0) is 10.0 Å². The molecular formula is C13H20N2O2S3. The van der Waals surface area contributed by atoms with Gasteiger partial charge in [-0.1, -0.05) is 30.8 Å². The number of hydrogen-bond acceptors (Lipinski definition) is 4. The Hall–Kier alpha value is -0.630. The monoisotopic (exact) mass is 332 g/mol. The van der Waals surface area contributed by atoms with E-state index in [9.17, 15) is 8.42 Å². The van der Waals surface area contributed by atoms with Crippen molar-refractivity contribution in [2.75, 3.05) is 18.6 Å². The Balaban J connectivity index is 2.56. The summed E-state index contributed by atoms with van der Waals surface area (Å²) in [4.78, 5) is 0.394. The SMILES string of the molecule is CSCCCCCNS(=O)(=O)c1cccc(C(N)=S)c1. The minimum atomic E-state index is -3.48. The summed E-state index contributed by atoms with van der Waals surface area (Å²) in [5.41, 5.74) is 6.07. The standard InChI is InChI=1S/C13H20N2O2S3/c1-19-9-4-2-3-8-15-20(16,17)12-7-5-6-11(10-12)13(14)18/h5-7,10,15H,2-4,8-9H2,1H3,(H2,14,18). The second-order valence-electron chi connectivity index (χ2n) is 4.34. The molecule has 0 spiro atoms. The fourth-order valence-electron chi connectivity index (χ4n) is 1.65. The van der Waals surface area contributed by atoms with E-state index in [1.807, 2.05) is 0 Å². The van der Waals surface area contributed by atoms with E-state index in [-0.39, 0.29) is 9.88 Å². The lowest BCUT2D eigenvalue weighted by molar-refractivity contribution is 0.576. The van der Waals surface area contributed by atoms with Crippen molar-refractivity contribution in [3.63, 3.8) is 0 Å². The second-order valence-corrected chi connectivity index (χ2v) is 7.54. The molecule has 0 saturated heterocycles. The molecule has 7 heteroatoms. The van der Waals surface area contributed by atoms with Gasteiger partial charge in [-0.2, -0.15) is 11.8 Å². The summed E-state index contributed by atoms with van der Waals surface area (Å²) in [5.74, 6) is 1.11. The number of thioether (sulfide) groups is 1. The molecule has 1 aromatic rings. The molecule has 4 nitrogen and oxygen atoms in total. The summed E-state index contributed by atoms with van der Waals surface area (Å²) in [6, 6.07) is 6.38. The lowest BCUT2D eigenvalue weighted by atomic mass is 10.2. The molecule has 20 heavy (non-hydrogen) atoms. The van der Waals surface area contributed by atoms with Gasteiger partial charge in [0.15, 0.2) is 0 Å². The zero-order valence-corrected chi connectivity index (χ0v) is 13.9. The molecule has 0 amide bonds. The third kappa shape index (κ3) is 5.78. The van der Waals surface area contributed by atoms with E-state index in [1.165, 1.54) is 12.1 Å². The first kappa shape index (κ1) is 17.4. The van der Waals surface area contributed by atoms with Gasteiger partial charge in [0.2, 0.25) is 10.0 Å². The van der Waals surface area contributed by atoms with Crippen molar-refractivity contribution < 1.29 is 8.42 Å². The first-order chi connectivity index (χ1) is 9.47. The van der Waals surface area contributed by atoms with Crippen molar-refractivity contribution in [1.29, 1.82) is 0 Å². The number of rotatable bonds is 9. The normalized spacial score (nSPS) is 11.4. The predicted molar refractivity (Wildman–Crippen MR) is 89.8 cm³/mol. The van der Waals surface area contributed by atoms with Crippen LogP contribution in [0.25, 0.3) is 0 Å². The molecule has 0 unspecified atom stereocenters. The van der Waals surface area contributed by atoms with Gasteiger partial charge in [0.05, 0.1) is 4.90 Å². The summed E-state index contributed by atoms with van der Waals surface area (Å²) in [6.45, 7) is 0.452. The maximum Gasteiger partial charge on any atom is 0.240 e. The summed E-state index contributed by atoms with van der Waals surface area (Å²) in [5, 5.41) is 0. The molecule has 0 fully saturated rings. The van der Waals surface area contributed by atoms with E-state index < -0.39 is 10.0 Å². The summed E-state index contributed by atoms with van der Waals surface area (Å²) >= 11 is 6.66. The Morgan fingerprint density at radius 2 is 2.10 bits per heavy atom. The number of sulfonamides is 1. The summed E-state index contributed by atoms with van der Waals surface area (Å²) in [6.07, 6.45) is 5.04. The molecular weight excluding hydrogens is 312 g/mol. The number of nitrogens with one attached hydrogen (secondary N) is 1. The minimum Gasteiger partial charge on any atom is -0.389 e. The van der Waals surface area contributed by atoms with E-state index in [2.05, 4.69) is 11.0 Å². The van der Waals surface area contributed by atoms with Crippen LogP contribution in [0.2, 0.25) is 0 Å². The van der Waals surface area contributed by atoms with E-state index in [4.69, 9.17) is 18.0 Å². The zero-order chi connectivity index (χ0) is 15.0. The van der Waals surface area contributed by atoms with Crippen LogP contribution >= 0.6 is 24.0 Å². The molecule has 112 valence electrons. The third-order valence-corrected chi connectivity index (χ3v) is 5.14. The molecule has 0 bridgehead atoms. The van der Waals surface area contributed by atoms with E-state index >= 15 is 0 Å². The highest BCUT2D eigenvalue weighted by Crippen LogP contribution is 2.11. The van der Waals surface area contributed by atoms with Crippen LogP contribution in [0, 0.1) is 0 Å². The third-order valence-electron chi connectivity index (χ3n) is 2.75. The van der Waals surface area contributed by atoms with Crippen molar-refractivity contribution in [2.45, 2.75) is 24.2 Å². The molecule has 0 heterocycles. The van der Waals surface area contributed by atoms with Crippen LogP contribution in [0.4, 0.5) is 0 Å². The highest BCUT2D eigenvalue weighted by molar-refractivity contribution is 7.98. The van der Waals surface area contributed by atoms with E-state index in [0.717, 1.165) is 25.0 Å². The van der Waals surface area contributed by atoms with Gasteiger partial charge in [-0.3, -0.25) is 0 Å². The highest BCUT2D eigenvalue weighted by Gasteiger charge is 2.13. The van der Waals surface area contributed by atoms with Gasteiger partial charge in [-0.25, -0.2) is 13.1 Å². The number of benzene rings is 1. The van der Waals surface area contributed by atoms with Crippen LogP contribution in [-0.4, -0.2) is 32.0 Å². The van der Waals surface area contributed by atoms with Gasteiger partial charge in [-0.15, -0.1) is 0 Å². The maximum atomic E-state index is 12.1. The summed E-state index contributed by atoms with van der Waals surface area (Å²) in [7, 11) is -3.48. The van der Waals surface area contributed by atoms with Crippen molar-refractivity contribution in [3.8, 4) is 0 Å². The van der Waals surface area contributed by atoms with Crippen LogP contribution < -0.4 is 10.5 Å². The molecule has 0 aliphatic rings. The quantitative estimate of drug-likeness (QED) is 0.535. The minimum absolute atomic E-state index is 0.194. The molecule has 0 radical (unpaired) electrons. The van der Waals surface area contributed by atoms with Crippen LogP contribution in [0.5, 0.6) is 0 Å². The lowest BCUT2D eigenvalue weighted by Crippen LogP contribution is -2.25. The number of unbranched alkanes of at least 4 members (excludes halogenated alkanes) is 2. The fraction of sp³-hybridized carbons (Fsp3) is 0.462. The maximum absolute atomic E-state index is 12.1. The van der Waals surface area contributed by atoms with Gasteiger partial charge in [0.1, 0.15) is 4.99 Å². The summed E-state index contributed by atoms with van der Waals surface area (Å²) < 4.78 is 26.8. The van der Waals surface area contributed by atoms with Crippen molar-refractivity contribution in [2.24, 2.45) is 5.73 Å². The zero-order valence-electron chi connectivity index (χ0n) is 11.5. The molecule has 0 aromatic heterocycles.